The number of hydrogen-bond acceptors (Lipinski definition) is 7. The van der Waals surface area contributed by atoms with Gasteiger partial charge in [0.2, 0.25) is 0 Å². The molecule has 3 fully saturated rings. The molecule has 2 saturated heterocycles. The van der Waals surface area contributed by atoms with Crippen LogP contribution < -0.4 is 10.2 Å². The summed E-state index contributed by atoms with van der Waals surface area (Å²) in [5.41, 5.74) is 0.120. The zero-order valence-corrected chi connectivity index (χ0v) is 19.6. The number of nitrogens with zero attached hydrogens (tertiary/aromatic N) is 6. The van der Waals surface area contributed by atoms with Crippen molar-refractivity contribution >= 4 is 29.3 Å². The van der Waals surface area contributed by atoms with Crippen molar-refractivity contribution < 1.29 is 23.1 Å². The Balaban J connectivity index is 1.29. The molecule has 3 aromatic rings. The van der Waals surface area contributed by atoms with Crippen LogP contribution in [-0.4, -0.2) is 61.9 Å². The average Bonchev–Trinajstić information content (AvgIpc) is 3.66. The number of nitrogens with one attached hydrogen (secondary N) is 1. The van der Waals surface area contributed by atoms with E-state index in [0.717, 1.165) is 38.4 Å². The van der Waals surface area contributed by atoms with Gasteiger partial charge in [-0.3, -0.25) is 9.48 Å². The van der Waals surface area contributed by atoms with E-state index in [4.69, 9.17) is 4.74 Å². The van der Waals surface area contributed by atoms with Crippen molar-refractivity contribution in [2.45, 2.75) is 63.1 Å². The van der Waals surface area contributed by atoms with Crippen LogP contribution in [0.15, 0.2) is 24.7 Å². The fraction of sp³-hybridized carbons (Fsp3) is 0.542. The molecule has 1 aliphatic carbocycles. The lowest BCUT2D eigenvalue weighted by Crippen LogP contribution is -2.38. The predicted octanol–water partition coefficient (Wildman–Crippen LogP) is 3.41. The van der Waals surface area contributed by atoms with E-state index in [1.165, 1.54) is 10.7 Å². The van der Waals surface area contributed by atoms with Crippen LogP contribution in [0.4, 0.5) is 20.3 Å². The number of fused-ring (bicyclic) bond motifs is 3. The van der Waals surface area contributed by atoms with Crippen molar-refractivity contribution in [1.29, 1.82) is 0 Å². The first-order valence-corrected chi connectivity index (χ1v) is 12.4. The van der Waals surface area contributed by atoms with E-state index in [-0.39, 0.29) is 29.4 Å². The molecular weight excluding hydrogens is 472 g/mol. The molecule has 3 aromatic heterocycles. The van der Waals surface area contributed by atoms with E-state index in [9.17, 15) is 18.4 Å². The lowest BCUT2D eigenvalue weighted by Gasteiger charge is -2.27. The maximum Gasteiger partial charge on any atom is 0.284 e. The summed E-state index contributed by atoms with van der Waals surface area (Å²) in [7, 11) is 0. The number of ether oxygens (including phenoxy) is 1. The molecule has 6 rings (SSSR count). The Hall–Kier alpha value is -3.41. The number of aromatic nitrogens is 5. The maximum absolute atomic E-state index is 13.9. The molecule has 190 valence electrons. The van der Waals surface area contributed by atoms with Gasteiger partial charge in [0.1, 0.15) is 11.8 Å². The number of amides is 1. The highest BCUT2D eigenvalue weighted by molar-refractivity contribution is 6.12. The van der Waals surface area contributed by atoms with Gasteiger partial charge in [-0.1, -0.05) is 0 Å². The zero-order valence-electron chi connectivity index (χ0n) is 19.6. The van der Waals surface area contributed by atoms with Crippen molar-refractivity contribution in [1.82, 2.24) is 24.4 Å². The van der Waals surface area contributed by atoms with Crippen LogP contribution in [0.2, 0.25) is 0 Å². The normalized spacial score (nSPS) is 25.7. The van der Waals surface area contributed by atoms with Gasteiger partial charge in [0.25, 0.3) is 12.3 Å². The fourth-order valence-corrected chi connectivity index (χ4v) is 5.75. The number of alkyl halides is 2. The van der Waals surface area contributed by atoms with Crippen LogP contribution in [0.5, 0.6) is 0 Å². The molecule has 2 aliphatic heterocycles. The third-order valence-corrected chi connectivity index (χ3v) is 7.61. The van der Waals surface area contributed by atoms with Crippen LogP contribution in [0, 0.1) is 5.92 Å². The number of rotatable bonds is 7. The van der Waals surface area contributed by atoms with Crippen LogP contribution in [0.3, 0.4) is 0 Å². The monoisotopic (exact) mass is 499 g/mol. The highest BCUT2D eigenvalue weighted by Crippen LogP contribution is 2.37. The van der Waals surface area contributed by atoms with E-state index in [1.54, 1.807) is 23.1 Å². The highest BCUT2D eigenvalue weighted by atomic mass is 19.3. The summed E-state index contributed by atoms with van der Waals surface area (Å²) in [4.78, 5) is 30.8. The highest BCUT2D eigenvalue weighted by Gasteiger charge is 2.42. The van der Waals surface area contributed by atoms with Gasteiger partial charge in [-0.25, -0.2) is 18.3 Å². The summed E-state index contributed by atoms with van der Waals surface area (Å²) in [5, 5.41) is 11.4. The molecule has 2 atom stereocenters. The van der Waals surface area contributed by atoms with E-state index < -0.39 is 18.0 Å². The first kappa shape index (κ1) is 23.0. The van der Waals surface area contributed by atoms with E-state index in [2.05, 4.69) is 20.5 Å². The summed E-state index contributed by atoms with van der Waals surface area (Å²) in [6.07, 6.45) is 7.51. The zero-order chi connectivity index (χ0) is 24.8. The van der Waals surface area contributed by atoms with Crippen LogP contribution >= 0.6 is 0 Å². The van der Waals surface area contributed by atoms with Gasteiger partial charge in [-0.15, -0.1) is 5.10 Å². The van der Waals surface area contributed by atoms with Crippen molar-refractivity contribution in [3.8, 4) is 0 Å². The van der Waals surface area contributed by atoms with Crippen molar-refractivity contribution in [2.75, 3.05) is 23.4 Å². The first-order valence-electron chi connectivity index (χ1n) is 12.4. The largest absolute Gasteiger partial charge is 0.374 e. The summed E-state index contributed by atoms with van der Waals surface area (Å²) in [5.74, 6) is 0.246. The molecular formula is C24H27F2N7O3. The van der Waals surface area contributed by atoms with Crippen molar-refractivity contribution in [2.24, 2.45) is 5.92 Å². The number of aldehydes is 1. The Kier molecular flexibility index (Phi) is 5.90. The lowest BCUT2D eigenvalue weighted by atomic mass is 9.84. The second kappa shape index (κ2) is 9.23. The molecule has 1 amide bonds. The summed E-state index contributed by atoms with van der Waals surface area (Å²) < 4.78 is 36.6. The Morgan fingerprint density at radius 1 is 1.22 bits per heavy atom. The third kappa shape index (κ3) is 4.02. The average molecular weight is 500 g/mol. The Labute approximate surface area is 205 Å². The van der Waals surface area contributed by atoms with Gasteiger partial charge in [0, 0.05) is 31.6 Å². The minimum atomic E-state index is -2.85. The smallest absolute Gasteiger partial charge is 0.284 e. The van der Waals surface area contributed by atoms with Gasteiger partial charge in [-0.2, -0.15) is 5.10 Å². The second-order valence-electron chi connectivity index (χ2n) is 9.82. The Morgan fingerprint density at radius 3 is 2.75 bits per heavy atom. The van der Waals surface area contributed by atoms with E-state index in [1.807, 2.05) is 4.90 Å². The van der Waals surface area contributed by atoms with E-state index in [0.29, 0.717) is 37.0 Å². The summed E-state index contributed by atoms with van der Waals surface area (Å²) in [6.45, 7) is 1.17. The predicted molar refractivity (Wildman–Crippen MR) is 125 cm³/mol. The second-order valence-corrected chi connectivity index (χ2v) is 9.82. The number of carbonyl (C=O) groups is 2. The minimum absolute atomic E-state index is 0.0162. The van der Waals surface area contributed by atoms with Crippen molar-refractivity contribution in [3.05, 3.63) is 35.9 Å². The Bertz CT molecular complexity index is 1280. The van der Waals surface area contributed by atoms with Gasteiger partial charge in [0.15, 0.2) is 17.2 Å². The first-order chi connectivity index (χ1) is 17.5. The lowest BCUT2D eigenvalue weighted by molar-refractivity contribution is -0.108. The molecule has 36 heavy (non-hydrogen) atoms. The van der Waals surface area contributed by atoms with Gasteiger partial charge >= 0.3 is 0 Å². The van der Waals surface area contributed by atoms with Gasteiger partial charge in [-0.05, 0) is 44.1 Å². The minimum Gasteiger partial charge on any atom is -0.374 e. The number of hydrogen-bond donors (Lipinski definition) is 1. The molecule has 0 unspecified atom stereocenters. The molecule has 0 aromatic carbocycles. The molecule has 10 nitrogen and oxygen atoms in total. The van der Waals surface area contributed by atoms with Crippen LogP contribution in [0.25, 0.3) is 5.65 Å². The number of anilines is 2. The molecule has 5 heterocycles. The van der Waals surface area contributed by atoms with Gasteiger partial charge in [0.05, 0.1) is 30.5 Å². The van der Waals surface area contributed by atoms with E-state index >= 15 is 0 Å². The maximum atomic E-state index is 13.9. The standard InChI is InChI=1S/C24H27F2N7O3/c25-21(26)20-18(12-33(29-20)15-4-2-14(3-5-15)6-9-34)28-24(35)19-22-27-7-1-8-32(22)30-23(19)31-11-17-10-16(31)13-36-17/h1,7-9,12,14-17,21H,2-6,10-11,13H2,(H,28,35)/t14?,15?,16-,17-/m1/s1. The number of carbonyl (C=O) groups excluding carboxylic acids is 2. The molecule has 1 saturated carbocycles. The molecule has 3 aliphatic rings. The SMILES string of the molecule is O=CCC1CCC(n2cc(NC(=O)c3c(N4C[C@H]5C[C@@H]4CO5)nn4cccnc34)c(C(F)F)n2)CC1. The summed E-state index contributed by atoms with van der Waals surface area (Å²) in [6, 6.07) is 1.78. The fourth-order valence-electron chi connectivity index (χ4n) is 5.75. The molecule has 0 radical (unpaired) electrons. The number of morpholine rings is 1. The molecule has 0 spiro atoms. The Morgan fingerprint density at radius 2 is 2.06 bits per heavy atom. The molecule has 1 N–H and O–H groups in total. The van der Waals surface area contributed by atoms with Crippen molar-refractivity contribution in [3.63, 3.8) is 0 Å². The number of halogens is 2. The summed E-state index contributed by atoms with van der Waals surface area (Å²) >= 11 is 0. The van der Waals surface area contributed by atoms with Gasteiger partial charge < -0.3 is 19.7 Å². The van der Waals surface area contributed by atoms with Crippen LogP contribution in [0.1, 0.15) is 67.0 Å². The quantitative estimate of drug-likeness (QED) is 0.497. The molecule has 12 heteroatoms. The van der Waals surface area contributed by atoms with Crippen LogP contribution in [-0.2, 0) is 9.53 Å². The third-order valence-electron chi connectivity index (χ3n) is 7.61. The molecule has 2 bridgehead atoms. The topological polar surface area (TPSA) is 107 Å².